The predicted octanol–water partition coefficient (Wildman–Crippen LogP) is 7.72. The van der Waals surface area contributed by atoms with E-state index < -0.39 is 18.6 Å². The minimum absolute atomic E-state index is 0.0835. The number of ketones is 2. The molecule has 184 valence electrons. The number of carbonyl (C=O) groups is 2. The van der Waals surface area contributed by atoms with E-state index in [0.717, 1.165) is 22.3 Å². The standard InChI is InChI=1S/2C17H13O.Pt/c2*18-17(13-11-15-7-3-1-4-8-15)14-12-16-9-5-2-6-10-16;/h2*1-13H;. The fraction of sp³-hybridized carbons (Fsp3) is 0. The van der Waals surface area contributed by atoms with Crippen molar-refractivity contribution in [2.75, 3.05) is 0 Å². The van der Waals surface area contributed by atoms with Crippen molar-refractivity contribution in [1.82, 2.24) is 0 Å². The van der Waals surface area contributed by atoms with Crippen LogP contribution >= 0.6 is 0 Å². The Morgan fingerprint density at radius 3 is 1.05 bits per heavy atom. The number of hydrogen-bond donors (Lipinski definition) is 0. The third kappa shape index (κ3) is 8.49. The molecular formula is C34H26O2Pt. The molecule has 0 N–H and O–H groups in total. The Hall–Kier alpha value is -4.13. The summed E-state index contributed by atoms with van der Waals surface area (Å²) in [5.74, 6) is -0.167. The molecule has 4 aromatic rings. The van der Waals surface area contributed by atoms with Gasteiger partial charge in [0, 0.05) is 0 Å². The van der Waals surface area contributed by atoms with Gasteiger partial charge in [-0.05, 0) is 0 Å². The van der Waals surface area contributed by atoms with Gasteiger partial charge in [0.05, 0.1) is 0 Å². The van der Waals surface area contributed by atoms with Crippen molar-refractivity contribution in [2.24, 2.45) is 0 Å². The van der Waals surface area contributed by atoms with Crippen LogP contribution in [0.4, 0.5) is 0 Å². The summed E-state index contributed by atoms with van der Waals surface area (Å²) in [4.78, 5) is 26.9. The molecule has 2 nitrogen and oxygen atoms in total. The third-order valence-corrected chi connectivity index (χ3v) is 8.23. The molecule has 0 bridgehead atoms. The van der Waals surface area contributed by atoms with Gasteiger partial charge in [0.2, 0.25) is 0 Å². The Morgan fingerprint density at radius 2 is 0.730 bits per heavy atom. The van der Waals surface area contributed by atoms with Crippen LogP contribution in [0.25, 0.3) is 24.3 Å². The van der Waals surface area contributed by atoms with Crippen LogP contribution in [0.3, 0.4) is 0 Å². The van der Waals surface area contributed by atoms with E-state index in [-0.39, 0.29) is 11.6 Å². The van der Waals surface area contributed by atoms with E-state index in [1.807, 2.05) is 146 Å². The van der Waals surface area contributed by atoms with Crippen molar-refractivity contribution < 1.29 is 28.2 Å². The van der Waals surface area contributed by atoms with E-state index in [4.69, 9.17) is 0 Å². The van der Waals surface area contributed by atoms with Crippen LogP contribution in [0, 0.1) is 0 Å². The molecule has 0 unspecified atom stereocenters. The van der Waals surface area contributed by atoms with Crippen molar-refractivity contribution in [3.05, 3.63) is 164 Å². The van der Waals surface area contributed by atoms with Gasteiger partial charge in [0.15, 0.2) is 0 Å². The topological polar surface area (TPSA) is 34.1 Å². The van der Waals surface area contributed by atoms with Crippen molar-refractivity contribution in [3.63, 3.8) is 0 Å². The van der Waals surface area contributed by atoms with E-state index in [1.54, 1.807) is 12.2 Å². The Balaban J connectivity index is 1.68. The number of rotatable bonds is 10. The molecule has 3 heteroatoms. The summed E-state index contributed by atoms with van der Waals surface area (Å²) in [6.45, 7) is 0. The first-order valence-electron chi connectivity index (χ1n) is 11.8. The fourth-order valence-electron chi connectivity index (χ4n) is 3.35. The summed E-state index contributed by atoms with van der Waals surface area (Å²) < 4.78 is 1.31. The summed E-state index contributed by atoms with van der Waals surface area (Å²) in [6.07, 6.45) is 10.7. The molecule has 0 aromatic heterocycles. The maximum atomic E-state index is 13.4. The molecule has 4 aromatic carbocycles. The summed E-state index contributed by atoms with van der Waals surface area (Å²) in [7, 11) is 0. The first-order chi connectivity index (χ1) is 18.2. The van der Waals surface area contributed by atoms with E-state index in [9.17, 15) is 9.59 Å². The van der Waals surface area contributed by atoms with E-state index in [2.05, 4.69) is 0 Å². The van der Waals surface area contributed by atoms with Crippen molar-refractivity contribution in [1.29, 1.82) is 0 Å². The van der Waals surface area contributed by atoms with Crippen LogP contribution in [-0.2, 0) is 28.2 Å². The molecule has 0 atom stereocenters. The summed E-state index contributed by atoms with van der Waals surface area (Å²) >= 11 is -1.10. The maximum absolute atomic E-state index is 13.4. The summed E-state index contributed by atoms with van der Waals surface area (Å²) in [6, 6.07) is 39.0. The average Bonchev–Trinajstić information content (AvgIpc) is 2.96. The Morgan fingerprint density at radius 1 is 0.432 bits per heavy atom. The second-order valence-electron chi connectivity index (χ2n) is 8.03. The Labute approximate surface area is 226 Å². The van der Waals surface area contributed by atoms with Gasteiger partial charge < -0.3 is 0 Å². The first kappa shape index (κ1) is 25.9. The van der Waals surface area contributed by atoms with Crippen molar-refractivity contribution in [3.8, 4) is 0 Å². The van der Waals surface area contributed by atoms with E-state index in [1.165, 1.54) is 0 Å². The molecule has 0 spiro atoms. The van der Waals surface area contributed by atoms with Crippen LogP contribution in [0.2, 0.25) is 0 Å². The summed E-state index contributed by atoms with van der Waals surface area (Å²) in [5.41, 5.74) is 3.78. The van der Waals surface area contributed by atoms with Gasteiger partial charge in [-0.3, -0.25) is 0 Å². The normalized spacial score (nSPS) is 12.3. The van der Waals surface area contributed by atoms with E-state index in [0.29, 0.717) is 7.93 Å². The molecule has 0 aliphatic carbocycles. The third-order valence-electron chi connectivity index (χ3n) is 5.23. The van der Waals surface area contributed by atoms with Crippen LogP contribution < -0.4 is 0 Å². The van der Waals surface area contributed by atoms with Gasteiger partial charge in [0.1, 0.15) is 0 Å². The predicted molar refractivity (Wildman–Crippen MR) is 150 cm³/mol. The van der Waals surface area contributed by atoms with Gasteiger partial charge in [-0.2, -0.15) is 0 Å². The van der Waals surface area contributed by atoms with Crippen molar-refractivity contribution in [2.45, 2.75) is 0 Å². The zero-order chi connectivity index (χ0) is 25.7. The molecule has 0 fully saturated rings. The van der Waals surface area contributed by atoms with Crippen molar-refractivity contribution >= 4 is 35.9 Å². The molecule has 0 saturated heterocycles. The van der Waals surface area contributed by atoms with Crippen LogP contribution in [0.1, 0.15) is 22.3 Å². The van der Waals surface area contributed by atoms with Gasteiger partial charge in [-0.1, -0.05) is 0 Å². The molecule has 0 heterocycles. The summed E-state index contributed by atoms with van der Waals surface area (Å²) in [5, 5.41) is 0. The van der Waals surface area contributed by atoms with Gasteiger partial charge in [0.25, 0.3) is 0 Å². The van der Waals surface area contributed by atoms with Gasteiger partial charge >= 0.3 is 228 Å². The zero-order valence-electron chi connectivity index (χ0n) is 20.1. The molecule has 4 rings (SSSR count). The fourth-order valence-corrected chi connectivity index (χ4v) is 6.03. The van der Waals surface area contributed by atoms with Crippen LogP contribution in [-0.4, -0.2) is 11.6 Å². The number of allylic oxidation sites excluding steroid dienone is 4. The second kappa shape index (κ2) is 13.8. The Bertz CT molecular complexity index is 1320. The molecule has 0 saturated carbocycles. The monoisotopic (exact) mass is 661 g/mol. The number of hydrogen-bond acceptors (Lipinski definition) is 2. The molecular weight excluding hydrogens is 635 g/mol. The number of benzene rings is 4. The average molecular weight is 662 g/mol. The molecule has 0 amide bonds. The quantitative estimate of drug-likeness (QED) is 0.163. The molecule has 0 aliphatic rings. The Kier molecular flexibility index (Phi) is 9.69. The number of carbonyl (C=O) groups excluding carboxylic acids is 2. The van der Waals surface area contributed by atoms with Gasteiger partial charge in [-0.15, -0.1) is 0 Å². The second-order valence-corrected chi connectivity index (χ2v) is 11.1. The van der Waals surface area contributed by atoms with Crippen LogP contribution in [0.15, 0.2) is 141 Å². The SMILES string of the molecule is O=C(C=Cc1ccccc1)[C](=Cc1ccccc1)[Pt][C](=Cc1ccccc1)C(=O)C=Cc1ccccc1. The van der Waals surface area contributed by atoms with Crippen LogP contribution in [0.5, 0.6) is 0 Å². The zero-order valence-corrected chi connectivity index (χ0v) is 22.4. The molecule has 37 heavy (non-hydrogen) atoms. The first-order valence-corrected chi connectivity index (χ1v) is 14.1. The minimum atomic E-state index is -1.10. The van der Waals surface area contributed by atoms with Gasteiger partial charge in [-0.25, -0.2) is 0 Å². The molecule has 0 radical (unpaired) electrons. The molecule has 0 aliphatic heterocycles. The van der Waals surface area contributed by atoms with E-state index >= 15 is 0 Å².